The number of hydrogen-bond donors (Lipinski definition) is 0. The van der Waals surface area contributed by atoms with E-state index in [9.17, 15) is 0 Å². The summed E-state index contributed by atoms with van der Waals surface area (Å²) in [5.74, 6) is 1.54. The van der Waals surface area contributed by atoms with Crippen molar-refractivity contribution in [3.8, 4) is 0 Å². The van der Waals surface area contributed by atoms with Crippen LogP contribution in [0.4, 0.5) is 0 Å². The van der Waals surface area contributed by atoms with E-state index in [2.05, 4.69) is 27.7 Å². The lowest BCUT2D eigenvalue weighted by Crippen LogP contribution is -1.88. The summed E-state index contributed by atoms with van der Waals surface area (Å²) in [6.45, 7) is 10.9. The topological polar surface area (TPSA) is 0 Å². The minimum atomic E-state index is 0.648. The van der Waals surface area contributed by atoms with Crippen LogP contribution in [0.1, 0.15) is 117 Å². The van der Waals surface area contributed by atoms with Gasteiger partial charge in [-0.2, -0.15) is 0 Å². The van der Waals surface area contributed by atoms with Gasteiger partial charge in [-0.3, -0.25) is 0 Å². The summed E-state index contributed by atoms with van der Waals surface area (Å²) in [5, 5.41) is 0. The first-order chi connectivity index (χ1) is 10.1. The Hall–Kier alpha value is 0. The van der Waals surface area contributed by atoms with Crippen LogP contribution in [-0.4, -0.2) is 0 Å². The average Bonchev–Trinajstić information content (AvgIpc) is 2.42. The van der Waals surface area contributed by atoms with Gasteiger partial charge in [0.1, 0.15) is 0 Å². The van der Waals surface area contributed by atoms with Gasteiger partial charge in [0, 0.05) is 0 Å². The second-order valence-corrected chi connectivity index (χ2v) is 7.67. The molecule has 0 aliphatic heterocycles. The lowest BCUT2D eigenvalue weighted by atomic mass is 10.0. The Morgan fingerprint density at radius 2 is 0.762 bits per heavy atom. The zero-order valence-electron chi connectivity index (χ0n) is 15.5. The summed E-state index contributed by atoms with van der Waals surface area (Å²) < 4.78 is 0. The van der Waals surface area contributed by atoms with Gasteiger partial charge in [0.2, 0.25) is 0 Å². The molecule has 0 aliphatic carbocycles. The average molecular weight is 296 g/mol. The van der Waals surface area contributed by atoms with Crippen molar-refractivity contribution in [3.05, 3.63) is 6.92 Å². The third-order valence-electron chi connectivity index (χ3n) is 4.48. The molecule has 0 aromatic rings. The van der Waals surface area contributed by atoms with E-state index in [4.69, 9.17) is 0 Å². The van der Waals surface area contributed by atoms with Gasteiger partial charge >= 0.3 is 0 Å². The van der Waals surface area contributed by atoms with E-state index in [0.717, 1.165) is 5.92 Å². The van der Waals surface area contributed by atoms with Crippen LogP contribution in [0.25, 0.3) is 0 Å². The lowest BCUT2D eigenvalue weighted by Gasteiger charge is -2.05. The summed E-state index contributed by atoms with van der Waals surface area (Å²) in [5.41, 5.74) is 0. The molecule has 0 N–H and O–H groups in total. The van der Waals surface area contributed by atoms with E-state index in [0.29, 0.717) is 5.92 Å². The van der Waals surface area contributed by atoms with Crippen LogP contribution in [-0.2, 0) is 0 Å². The predicted octanol–water partition coefficient (Wildman–Crippen LogP) is 7.96. The molecule has 1 radical (unpaired) electrons. The Balaban J connectivity index is 2.96. The molecule has 21 heavy (non-hydrogen) atoms. The molecule has 0 saturated carbocycles. The van der Waals surface area contributed by atoms with Crippen molar-refractivity contribution < 1.29 is 0 Å². The van der Waals surface area contributed by atoms with Gasteiger partial charge in [-0.05, 0) is 11.8 Å². The summed E-state index contributed by atoms with van der Waals surface area (Å²) in [6.07, 6.45) is 21.7. The summed E-state index contributed by atoms with van der Waals surface area (Å²) >= 11 is 0. The van der Waals surface area contributed by atoms with E-state index in [1.165, 1.54) is 96.3 Å². The van der Waals surface area contributed by atoms with Gasteiger partial charge in [-0.25, -0.2) is 0 Å². The third-order valence-corrected chi connectivity index (χ3v) is 4.48. The van der Waals surface area contributed by atoms with Crippen molar-refractivity contribution in [1.29, 1.82) is 0 Å². The molecule has 0 heterocycles. The Morgan fingerprint density at radius 1 is 0.476 bits per heavy atom. The largest absolute Gasteiger partial charge is 0.0628 e. The van der Waals surface area contributed by atoms with Crippen molar-refractivity contribution in [2.45, 2.75) is 117 Å². The molecule has 127 valence electrons. The SMILES string of the molecule is [CH2]C(C)CCCCCCCCCCCCCCCC(C)C. The van der Waals surface area contributed by atoms with Crippen molar-refractivity contribution in [2.24, 2.45) is 11.8 Å². The van der Waals surface area contributed by atoms with Crippen molar-refractivity contribution in [1.82, 2.24) is 0 Å². The van der Waals surface area contributed by atoms with Gasteiger partial charge in [0.05, 0.1) is 0 Å². The number of hydrogen-bond acceptors (Lipinski definition) is 0. The number of rotatable bonds is 16. The molecule has 1 unspecified atom stereocenters. The predicted molar refractivity (Wildman–Crippen MR) is 98.6 cm³/mol. The molecule has 0 saturated heterocycles. The molecule has 0 heteroatoms. The minimum Gasteiger partial charge on any atom is -0.0628 e. The van der Waals surface area contributed by atoms with Crippen LogP contribution >= 0.6 is 0 Å². The molecule has 0 bridgehead atoms. The molecule has 1 atom stereocenters. The Labute approximate surface area is 136 Å². The Bertz CT molecular complexity index is 160. The van der Waals surface area contributed by atoms with E-state index >= 15 is 0 Å². The van der Waals surface area contributed by atoms with Crippen LogP contribution in [0, 0.1) is 18.8 Å². The van der Waals surface area contributed by atoms with E-state index in [1.54, 1.807) is 0 Å². The van der Waals surface area contributed by atoms with E-state index in [-0.39, 0.29) is 0 Å². The molecular weight excluding hydrogens is 252 g/mol. The van der Waals surface area contributed by atoms with Crippen LogP contribution in [0.3, 0.4) is 0 Å². The fraction of sp³-hybridized carbons (Fsp3) is 0.952. The molecule has 0 aromatic heterocycles. The van der Waals surface area contributed by atoms with Gasteiger partial charge in [0.15, 0.2) is 0 Å². The van der Waals surface area contributed by atoms with Crippen LogP contribution in [0.5, 0.6) is 0 Å². The second-order valence-electron chi connectivity index (χ2n) is 7.67. The first-order valence-corrected chi connectivity index (χ1v) is 9.96. The molecule has 0 aromatic carbocycles. The smallest absolute Gasteiger partial charge is 0.0443 e. The highest BCUT2D eigenvalue weighted by atomic mass is 14.0. The molecule has 0 amide bonds. The Morgan fingerprint density at radius 3 is 1.05 bits per heavy atom. The van der Waals surface area contributed by atoms with Crippen molar-refractivity contribution in [3.63, 3.8) is 0 Å². The van der Waals surface area contributed by atoms with Crippen LogP contribution in [0.15, 0.2) is 0 Å². The first-order valence-electron chi connectivity index (χ1n) is 9.96. The summed E-state index contributed by atoms with van der Waals surface area (Å²) in [7, 11) is 0. The first kappa shape index (κ1) is 21.0. The molecule has 0 aliphatic rings. The zero-order chi connectivity index (χ0) is 15.8. The zero-order valence-corrected chi connectivity index (χ0v) is 15.5. The van der Waals surface area contributed by atoms with Crippen LogP contribution < -0.4 is 0 Å². The van der Waals surface area contributed by atoms with Gasteiger partial charge in [0.25, 0.3) is 0 Å². The molecular formula is C21H43. The maximum atomic E-state index is 4.05. The van der Waals surface area contributed by atoms with Crippen molar-refractivity contribution >= 4 is 0 Å². The fourth-order valence-electron chi connectivity index (χ4n) is 2.99. The molecule has 0 fully saturated rings. The number of unbranched alkanes of at least 4 members (excludes halogenated alkanes) is 12. The third kappa shape index (κ3) is 20.0. The van der Waals surface area contributed by atoms with Gasteiger partial charge < -0.3 is 0 Å². The highest BCUT2D eigenvalue weighted by Gasteiger charge is 1.96. The fourth-order valence-corrected chi connectivity index (χ4v) is 2.99. The maximum absolute atomic E-state index is 4.05. The monoisotopic (exact) mass is 295 g/mol. The quantitative estimate of drug-likeness (QED) is 0.253. The van der Waals surface area contributed by atoms with E-state index < -0.39 is 0 Å². The van der Waals surface area contributed by atoms with E-state index in [1.807, 2.05) is 0 Å². The van der Waals surface area contributed by atoms with Gasteiger partial charge in [-0.1, -0.05) is 124 Å². The molecule has 0 rings (SSSR count). The van der Waals surface area contributed by atoms with Gasteiger partial charge in [-0.15, -0.1) is 0 Å². The normalized spacial score (nSPS) is 11.7. The minimum absolute atomic E-state index is 0.648. The molecule has 0 spiro atoms. The second kappa shape index (κ2) is 16.4. The standard InChI is InChI=1S/C21H43/c1-20(2)18-16-14-12-10-8-6-5-7-9-11-13-15-17-19-21(3)4/h20-21H,1,5-19H2,2-4H3. The summed E-state index contributed by atoms with van der Waals surface area (Å²) in [4.78, 5) is 0. The molecule has 0 nitrogen and oxygen atoms in total. The van der Waals surface area contributed by atoms with Crippen molar-refractivity contribution in [2.75, 3.05) is 0 Å². The lowest BCUT2D eigenvalue weighted by molar-refractivity contribution is 0.500. The highest BCUT2D eigenvalue weighted by Crippen LogP contribution is 2.15. The highest BCUT2D eigenvalue weighted by molar-refractivity contribution is 4.55. The Kier molecular flexibility index (Phi) is 16.4. The summed E-state index contributed by atoms with van der Waals surface area (Å²) in [6, 6.07) is 0. The van der Waals surface area contributed by atoms with Crippen LogP contribution in [0.2, 0.25) is 0 Å². The maximum Gasteiger partial charge on any atom is -0.0443 e.